The van der Waals surface area contributed by atoms with E-state index in [1.54, 1.807) is 0 Å². The summed E-state index contributed by atoms with van der Waals surface area (Å²) in [5.74, 6) is -0.127. The van der Waals surface area contributed by atoms with Crippen LogP contribution in [0.3, 0.4) is 0 Å². The predicted octanol–water partition coefficient (Wildman–Crippen LogP) is 1.17. The van der Waals surface area contributed by atoms with Crippen molar-refractivity contribution >= 4 is 5.97 Å². The van der Waals surface area contributed by atoms with E-state index in [1.807, 2.05) is 6.92 Å². The summed E-state index contributed by atoms with van der Waals surface area (Å²) in [5, 5.41) is 3.31. The van der Waals surface area contributed by atoms with Gasteiger partial charge in [0, 0.05) is 25.7 Å². The molecule has 5 nitrogen and oxygen atoms in total. The summed E-state index contributed by atoms with van der Waals surface area (Å²) in [5.41, 5.74) is 0. The Bertz CT molecular complexity index is 310. The zero-order chi connectivity index (χ0) is 14.5. The summed E-state index contributed by atoms with van der Waals surface area (Å²) in [6.07, 6.45) is 4.00. The van der Waals surface area contributed by atoms with Crippen molar-refractivity contribution in [2.45, 2.75) is 64.3 Å². The molecule has 2 aliphatic heterocycles. The van der Waals surface area contributed by atoms with Crippen molar-refractivity contribution in [3.8, 4) is 0 Å². The molecule has 0 aromatic heterocycles. The summed E-state index contributed by atoms with van der Waals surface area (Å²) < 4.78 is 11.0. The average Bonchev–Trinajstić information content (AvgIpc) is 2.73. The topological polar surface area (TPSA) is 50.8 Å². The maximum atomic E-state index is 12.0. The maximum Gasteiger partial charge on any atom is 0.323 e. The molecule has 2 aliphatic rings. The second-order valence-electron chi connectivity index (χ2n) is 6.13. The number of likely N-dealkylation sites (tertiary alicyclic amines) is 1. The highest BCUT2D eigenvalue weighted by Crippen LogP contribution is 2.26. The lowest BCUT2D eigenvalue weighted by Gasteiger charge is -2.33. The number of hydrogen-bond donors (Lipinski definition) is 1. The van der Waals surface area contributed by atoms with Gasteiger partial charge in [0.05, 0.1) is 18.8 Å². The summed E-state index contributed by atoms with van der Waals surface area (Å²) in [7, 11) is 0. The summed E-state index contributed by atoms with van der Waals surface area (Å²) >= 11 is 0. The molecule has 2 fully saturated rings. The molecule has 0 radical (unpaired) electrons. The standard InChI is InChI=1S/C15H28N2O3/c1-4-19-15(18)14(16-11(2)3)7-8-17-9-12-5-6-13(10-17)20-12/h11-14,16H,4-10H2,1-3H3. The van der Waals surface area contributed by atoms with Crippen LogP contribution in [0.5, 0.6) is 0 Å². The van der Waals surface area contributed by atoms with E-state index in [4.69, 9.17) is 9.47 Å². The molecule has 20 heavy (non-hydrogen) atoms. The number of hydrogen-bond acceptors (Lipinski definition) is 5. The predicted molar refractivity (Wildman–Crippen MR) is 77.6 cm³/mol. The second-order valence-corrected chi connectivity index (χ2v) is 6.13. The third-order valence-corrected chi connectivity index (χ3v) is 3.96. The number of morpholine rings is 1. The van der Waals surface area contributed by atoms with E-state index < -0.39 is 0 Å². The fourth-order valence-corrected chi connectivity index (χ4v) is 3.11. The Hall–Kier alpha value is -0.650. The van der Waals surface area contributed by atoms with Gasteiger partial charge in [0.25, 0.3) is 0 Å². The zero-order valence-corrected chi connectivity index (χ0v) is 12.9. The van der Waals surface area contributed by atoms with Crippen molar-refractivity contribution in [3.63, 3.8) is 0 Å². The fraction of sp³-hybridized carbons (Fsp3) is 0.933. The van der Waals surface area contributed by atoms with Gasteiger partial charge in [-0.15, -0.1) is 0 Å². The summed E-state index contributed by atoms with van der Waals surface area (Å²) in [4.78, 5) is 14.4. The molecule has 2 saturated heterocycles. The van der Waals surface area contributed by atoms with Crippen LogP contribution in [0, 0.1) is 0 Å². The lowest BCUT2D eigenvalue weighted by atomic mass is 10.1. The smallest absolute Gasteiger partial charge is 0.323 e. The van der Waals surface area contributed by atoms with Crippen molar-refractivity contribution < 1.29 is 14.3 Å². The van der Waals surface area contributed by atoms with Crippen molar-refractivity contribution in [1.29, 1.82) is 0 Å². The fourth-order valence-electron chi connectivity index (χ4n) is 3.11. The molecule has 2 rings (SSSR count). The Morgan fingerprint density at radius 1 is 1.35 bits per heavy atom. The lowest BCUT2D eigenvalue weighted by Crippen LogP contribution is -2.47. The molecule has 0 amide bonds. The van der Waals surface area contributed by atoms with E-state index in [1.165, 1.54) is 12.8 Å². The quantitative estimate of drug-likeness (QED) is 0.711. The van der Waals surface area contributed by atoms with Gasteiger partial charge in [-0.05, 0) is 26.2 Å². The Kier molecular flexibility index (Phi) is 5.81. The van der Waals surface area contributed by atoms with Crippen LogP contribution in [0.15, 0.2) is 0 Å². The van der Waals surface area contributed by atoms with Crippen LogP contribution < -0.4 is 5.32 Å². The third-order valence-electron chi connectivity index (χ3n) is 3.96. The Morgan fingerprint density at radius 2 is 2.00 bits per heavy atom. The van der Waals surface area contributed by atoms with Crippen LogP contribution >= 0.6 is 0 Å². The van der Waals surface area contributed by atoms with Gasteiger partial charge in [-0.25, -0.2) is 0 Å². The van der Waals surface area contributed by atoms with Gasteiger partial charge in [-0.2, -0.15) is 0 Å². The largest absolute Gasteiger partial charge is 0.465 e. The molecule has 116 valence electrons. The van der Waals surface area contributed by atoms with Gasteiger partial charge >= 0.3 is 5.97 Å². The number of esters is 1. The van der Waals surface area contributed by atoms with Gasteiger partial charge in [0.2, 0.25) is 0 Å². The average molecular weight is 284 g/mol. The SMILES string of the molecule is CCOC(=O)C(CCN1CC2CCC(C1)O2)NC(C)C. The maximum absolute atomic E-state index is 12.0. The first kappa shape index (κ1) is 15.7. The highest BCUT2D eigenvalue weighted by Gasteiger charge is 2.34. The molecule has 0 aromatic rings. The number of ether oxygens (including phenoxy) is 2. The van der Waals surface area contributed by atoms with Crippen LogP contribution in [0.4, 0.5) is 0 Å². The molecule has 0 spiro atoms. The number of fused-ring (bicyclic) bond motifs is 2. The Labute approximate surface area is 122 Å². The van der Waals surface area contributed by atoms with Crippen molar-refractivity contribution in [2.75, 3.05) is 26.2 Å². The zero-order valence-electron chi connectivity index (χ0n) is 12.9. The van der Waals surface area contributed by atoms with Gasteiger partial charge in [-0.1, -0.05) is 13.8 Å². The number of carbonyl (C=O) groups is 1. The van der Waals surface area contributed by atoms with E-state index in [0.717, 1.165) is 26.1 Å². The minimum absolute atomic E-state index is 0.127. The summed E-state index contributed by atoms with van der Waals surface area (Å²) in [6.45, 7) is 9.35. The van der Waals surface area contributed by atoms with Gasteiger partial charge in [0.1, 0.15) is 6.04 Å². The van der Waals surface area contributed by atoms with Crippen molar-refractivity contribution in [2.24, 2.45) is 0 Å². The Balaban J connectivity index is 1.80. The molecule has 0 aromatic carbocycles. The normalized spacial score (nSPS) is 27.8. The molecule has 3 unspecified atom stereocenters. The first-order chi connectivity index (χ1) is 9.58. The van der Waals surface area contributed by atoms with Crippen LogP contribution in [-0.2, 0) is 14.3 Å². The van der Waals surface area contributed by atoms with E-state index in [9.17, 15) is 4.79 Å². The van der Waals surface area contributed by atoms with Crippen LogP contribution in [0.25, 0.3) is 0 Å². The highest BCUT2D eigenvalue weighted by molar-refractivity contribution is 5.75. The molecular formula is C15H28N2O3. The molecule has 0 saturated carbocycles. The number of nitrogens with zero attached hydrogens (tertiary/aromatic N) is 1. The lowest BCUT2D eigenvalue weighted by molar-refractivity contribution is -0.146. The van der Waals surface area contributed by atoms with E-state index in [0.29, 0.717) is 18.8 Å². The van der Waals surface area contributed by atoms with Crippen molar-refractivity contribution in [3.05, 3.63) is 0 Å². The van der Waals surface area contributed by atoms with Gasteiger partial charge in [0.15, 0.2) is 0 Å². The number of nitrogens with one attached hydrogen (secondary N) is 1. The minimum Gasteiger partial charge on any atom is -0.465 e. The van der Waals surface area contributed by atoms with Gasteiger partial charge < -0.3 is 14.8 Å². The number of carbonyl (C=O) groups excluding carboxylic acids is 1. The van der Waals surface area contributed by atoms with E-state index in [2.05, 4.69) is 24.1 Å². The molecular weight excluding hydrogens is 256 g/mol. The molecule has 1 N–H and O–H groups in total. The summed E-state index contributed by atoms with van der Waals surface area (Å²) in [6, 6.07) is 0.0840. The third kappa shape index (κ3) is 4.43. The monoisotopic (exact) mass is 284 g/mol. The molecule has 0 aliphatic carbocycles. The number of rotatable bonds is 7. The Morgan fingerprint density at radius 3 is 2.55 bits per heavy atom. The van der Waals surface area contributed by atoms with Crippen LogP contribution in [-0.4, -0.2) is 61.4 Å². The van der Waals surface area contributed by atoms with E-state index >= 15 is 0 Å². The molecule has 2 heterocycles. The molecule has 3 atom stereocenters. The first-order valence-corrected chi connectivity index (χ1v) is 7.89. The van der Waals surface area contributed by atoms with Gasteiger partial charge in [-0.3, -0.25) is 9.69 Å². The second kappa shape index (κ2) is 7.38. The van der Waals surface area contributed by atoms with E-state index in [-0.39, 0.29) is 18.1 Å². The van der Waals surface area contributed by atoms with Crippen molar-refractivity contribution in [1.82, 2.24) is 10.2 Å². The van der Waals surface area contributed by atoms with Crippen LogP contribution in [0.2, 0.25) is 0 Å². The molecule has 2 bridgehead atoms. The highest BCUT2D eigenvalue weighted by atomic mass is 16.5. The minimum atomic E-state index is -0.199. The molecule has 5 heteroatoms. The first-order valence-electron chi connectivity index (χ1n) is 7.89. The van der Waals surface area contributed by atoms with Crippen LogP contribution in [0.1, 0.15) is 40.0 Å².